The van der Waals surface area contributed by atoms with Crippen LogP contribution in [-0.4, -0.2) is 176 Å². The highest BCUT2D eigenvalue weighted by Gasteiger charge is 2.37. The van der Waals surface area contributed by atoms with Crippen LogP contribution in [0.2, 0.25) is 0 Å². The molecule has 27 heteroatoms. The van der Waals surface area contributed by atoms with Crippen molar-refractivity contribution in [1.29, 1.82) is 0 Å². The summed E-state index contributed by atoms with van der Waals surface area (Å²) >= 11 is 31.5. The largest absolute Gasteiger partial charge is 0.465 e. The molecule has 0 fully saturated rings. The van der Waals surface area contributed by atoms with Crippen LogP contribution in [0.4, 0.5) is 0 Å². The van der Waals surface area contributed by atoms with Crippen molar-refractivity contribution in [2.75, 3.05) is 123 Å². The van der Waals surface area contributed by atoms with Gasteiger partial charge < -0.3 is 42.6 Å². The number of hydrogen-bond acceptors (Lipinski definition) is 27. The van der Waals surface area contributed by atoms with Gasteiger partial charge in [0.15, 0.2) is 0 Å². The van der Waals surface area contributed by atoms with E-state index < -0.39 is 58.0 Å². The third-order valence-corrected chi connectivity index (χ3v) is 17.2. The molecule has 520 valence electrons. The van der Waals surface area contributed by atoms with Gasteiger partial charge in [-0.3, -0.25) is 43.2 Å². The van der Waals surface area contributed by atoms with E-state index in [1.807, 2.05) is 63.3 Å². The fourth-order valence-electron chi connectivity index (χ4n) is 7.33. The van der Waals surface area contributed by atoms with Crippen molar-refractivity contribution >= 4 is 178 Å². The minimum Gasteiger partial charge on any atom is -0.465 e. The number of carbonyl (C=O) groups excluding carboxylic acids is 9. The first-order valence-electron chi connectivity index (χ1n) is 30.4. The molecule has 0 unspecified atom stereocenters. The van der Waals surface area contributed by atoms with Crippen LogP contribution in [0.3, 0.4) is 0 Å². The van der Waals surface area contributed by atoms with Crippen LogP contribution >= 0.6 is 112 Å². The Morgan fingerprint density at radius 3 is 0.772 bits per heavy atom. The Balaban J connectivity index is 0.00000197. The van der Waals surface area contributed by atoms with E-state index in [1.54, 1.807) is 23.5 Å². The molecular weight excluding hydrogens is 1360 g/mol. The molecule has 0 aromatic heterocycles. The topological polar surface area (TPSA) is 237 Å². The molecule has 2 aromatic rings. The van der Waals surface area contributed by atoms with Gasteiger partial charge in [-0.15, -0.1) is 0 Å². The van der Waals surface area contributed by atoms with Gasteiger partial charge in [0.2, 0.25) is 0 Å². The Kier molecular flexibility index (Phi) is 53.2. The number of esters is 9. The second kappa shape index (κ2) is 55.4. The molecule has 0 heterocycles. The fourth-order valence-corrected chi connectivity index (χ4v) is 10.4. The first kappa shape index (κ1) is 88.3. The normalized spacial score (nSPS) is 11.0. The van der Waals surface area contributed by atoms with Crippen LogP contribution < -0.4 is 0 Å². The number of ether oxygens (including phenoxy) is 9. The highest BCUT2D eigenvalue weighted by molar-refractivity contribution is 7.99. The molecule has 0 saturated carbocycles. The van der Waals surface area contributed by atoms with Crippen molar-refractivity contribution < 1.29 is 85.8 Å². The highest BCUT2D eigenvalue weighted by atomic mass is 32.2. The number of aryl methyl sites for hydroxylation is 2. The number of thioether (sulfide) groups is 2. The number of thiol groups is 7. The standard InChI is InChI=1S/C40H62O12S6.C15H26O6S3.C10H10/c1-3-39(25-47-33(41)8-16-53,26-48-34(42)9-17-54)29-51-37(45)14-22-57-20-12-31-6-5-7-32(24-31)13-21-58-23-15-38(46)52-30-40(4-2,27-49-35(43)10-18-55)28-50-36(44)11-19-56;1-2-15(9-19-12(16)3-6-22,10-20-13(17)4-7-23)11-21-14(18)5-8-24;1-3-9-6-5-7-10(4-2)8-9/h5-7,24,53-56H,3-4,8-23,25-30H2,1-2H3;22-24H,2-11H2,1H3;3-8H,1-2H2. The predicted octanol–water partition coefficient (Wildman–Crippen LogP) is 11.3. The monoisotopic (exact) mass is 1450 g/mol. The molecule has 0 saturated heterocycles. The van der Waals surface area contributed by atoms with Crippen molar-refractivity contribution in [1.82, 2.24) is 0 Å². The van der Waals surface area contributed by atoms with Crippen molar-refractivity contribution in [3.05, 3.63) is 83.9 Å². The van der Waals surface area contributed by atoms with Crippen LogP contribution in [-0.2, 0) is 98.6 Å². The first-order valence-corrected chi connectivity index (χ1v) is 37.2. The van der Waals surface area contributed by atoms with Crippen molar-refractivity contribution in [3.8, 4) is 0 Å². The van der Waals surface area contributed by atoms with Gasteiger partial charge in [0, 0.05) is 51.8 Å². The summed E-state index contributed by atoms with van der Waals surface area (Å²) < 4.78 is 48.4. The van der Waals surface area contributed by atoms with Gasteiger partial charge in [0.05, 0.1) is 74.0 Å². The Morgan fingerprint density at radius 2 is 0.565 bits per heavy atom. The third-order valence-electron chi connectivity index (χ3n) is 13.7. The minimum atomic E-state index is -0.850. The Morgan fingerprint density at radius 1 is 0.348 bits per heavy atom. The molecule has 2 rings (SSSR count). The molecule has 0 aliphatic rings. The van der Waals surface area contributed by atoms with Gasteiger partial charge in [0.25, 0.3) is 0 Å². The molecule has 92 heavy (non-hydrogen) atoms. The average Bonchev–Trinajstić information content (AvgIpc) is 1.03. The highest BCUT2D eigenvalue weighted by Crippen LogP contribution is 2.28. The second-order valence-corrected chi connectivity index (χ2v) is 26.5. The van der Waals surface area contributed by atoms with E-state index in [0.29, 0.717) is 71.0 Å². The summed E-state index contributed by atoms with van der Waals surface area (Å²) in [4.78, 5) is 108. The fraction of sp³-hybridized carbons (Fsp3) is 0.615. The number of benzene rings is 2. The van der Waals surface area contributed by atoms with Crippen LogP contribution in [0.1, 0.15) is 120 Å². The zero-order valence-corrected chi connectivity index (χ0v) is 61.4. The quantitative estimate of drug-likeness (QED) is 0.0141. The molecule has 0 N–H and O–H groups in total. The SMILES string of the molecule is C=Cc1cccc(C=C)c1.CCC(COC(=O)CCS)(COC(=O)CCS)COC(=O)CCS.CCC(COC(=O)CCS)(COC(=O)CCS)COC(=O)CCSCCc1cccc(CCSCCC(=O)OCC(CC)(COC(=O)CCS)COC(=O)CCS)c1. The predicted molar refractivity (Wildman–Crippen MR) is 390 cm³/mol. The molecule has 0 atom stereocenters. The van der Waals surface area contributed by atoms with E-state index in [-0.39, 0.29) is 129 Å². The van der Waals surface area contributed by atoms with Gasteiger partial charge >= 0.3 is 53.7 Å². The molecule has 0 radical (unpaired) electrons. The zero-order valence-electron chi connectivity index (χ0n) is 53.5. The van der Waals surface area contributed by atoms with E-state index in [9.17, 15) is 43.2 Å². The van der Waals surface area contributed by atoms with Gasteiger partial charge in [-0.2, -0.15) is 112 Å². The van der Waals surface area contributed by atoms with Crippen LogP contribution in [0.25, 0.3) is 12.2 Å². The van der Waals surface area contributed by atoms with E-state index in [4.69, 9.17) is 42.6 Å². The smallest absolute Gasteiger partial charge is 0.306 e. The molecular formula is C65H98O18S9. The third kappa shape index (κ3) is 43.4. The lowest BCUT2D eigenvalue weighted by molar-refractivity contribution is -0.164. The summed E-state index contributed by atoms with van der Waals surface area (Å²) in [5.41, 5.74) is 2.19. The van der Waals surface area contributed by atoms with Crippen LogP contribution in [0.15, 0.2) is 61.7 Å². The van der Waals surface area contributed by atoms with Gasteiger partial charge in [-0.1, -0.05) is 88.5 Å². The van der Waals surface area contributed by atoms with Crippen molar-refractivity contribution in [2.24, 2.45) is 16.2 Å². The number of rotatable bonds is 49. The van der Waals surface area contributed by atoms with Crippen LogP contribution in [0.5, 0.6) is 0 Å². The van der Waals surface area contributed by atoms with Gasteiger partial charge in [-0.05, 0) is 71.9 Å². The summed E-state index contributed by atoms with van der Waals surface area (Å²) in [5.74, 6) is 1.72. The maximum absolute atomic E-state index is 12.6. The maximum atomic E-state index is 12.6. The first-order chi connectivity index (χ1) is 44.2. The van der Waals surface area contributed by atoms with E-state index >= 15 is 0 Å². The summed E-state index contributed by atoms with van der Waals surface area (Å²) in [6.45, 7) is 12.7. The summed E-state index contributed by atoms with van der Waals surface area (Å²) in [6.07, 6.45) is 8.31. The molecule has 0 amide bonds. The Labute approximate surface area is 592 Å². The second-order valence-electron chi connectivity index (χ2n) is 20.9. The van der Waals surface area contributed by atoms with Crippen molar-refractivity contribution in [2.45, 2.75) is 111 Å². The summed E-state index contributed by atoms with van der Waals surface area (Å²) in [7, 11) is 0. The van der Waals surface area contributed by atoms with Crippen LogP contribution in [0, 0.1) is 16.2 Å². The lowest BCUT2D eigenvalue weighted by Crippen LogP contribution is -2.39. The summed E-state index contributed by atoms with van der Waals surface area (Å²) in [6, 6.07) is 16.4. The van der Waals surface area contributed by atoms with E-state index in [2.05, 4.69) is 120 Å². The molecule has 0 aliphatic carbocycles. The summed E-state index contributed by atoms with van der Waals surface area (Å²) in [5, 5.41) is 0. The number of carbonyl (C=O) groups is 9. The molecule has 0 spiro atoms. The van der Waals surface area contributed by atoms with E-state index in [0.717, 1.165) is 35.5 Å². The minimum absolute atomic E-state index is 0.00157. The van der Waals surface area contributed by atoms with Gasteiger partial charge in [-0.25, -0.2) is 0 Å². The molecule has 0 aliphatic heterocycles. The zero-order chi connectivity index (χ0) is 68.9. The molecule has 2 aromatic carbocycles. The lowest BCUT2D eigenvalue weighted by atomic mass is 9.88. The van der Waals surface area contributed by atoms with Gasteiger partial charge in [0.1, 0.15) is 59.5 Å². The lowest BCUT2D eigenvalue weighted by Gasteiger charge is -2.31. The maximum Gasteiger partial charge on any atom is 0.306 e. The van der Waals surface area contributed by atoms with E-state index in [1.165, 1.54) is 11.1 Å². The molecule has 0 bridgehead atoms. The average molecular weight is 1460 g/mol. The molecule has 18 nitrogen and oxygen atoms in total. The Hall–Kier alpha value is -3.70. The number of hydrogen-bond donors (Lipinski definition) is 7. The Bertz CT molecular complexity index is 2260. The van der Waals surface area contributed by atoms with Crippen molar-refractivity contribution in [3.63, 3.8) is 0 Å².